The summed E-state index contributed by atoms with van der Waals surface area (Å²) < 4.78 is 0. The second-order valence-electron chi connectivity index (χ2n) is 5.48. The fourth-order valence-electron chi connectivity index (χ4n) is 2.45. The van der Waals surface area contributed by atoms with E-state index in [1.54, 1.807) is 18.5 Å². The molecule has 0 amide bonds. The molecule has 3 rings (SSSR count). The Hall–Kier alpha value is -2.37. The third-order valence-corrected chi connectivity index (χ3v) is 4.49. The van der Waals surface area contributed by atoms with Gasteiger partial charge in [0.05, 0.1) is 15.7 Å². The lowest BCUT2D eigenvalue weighted by molar-refractivity contribution is 0.856. The van der Waals surface area contributed by atoms with Crippen molar-refractivity contribution in [2.24, 2.45) is 0 Å². The number of hydrogen-bond acceptors (Lipinski definition) is 5. The van der Waals surface area contributed by atoms with Gasteiger partial charge in [-0.25, -0.2) is 4.98 Å². The van der Waals surface area contributed by atoms with Crippen LogP contribution in [-0.4, -0.2) is 21.5 Å². The molecule has 128 valence electrons. The van der Waals surface area contributed by atoms with Gasteiger partial charge < -0.3 is 11.1 Å². The van der Waals surface area contributed by atoms with Crippen LogP contribution in [0.1, 0.15) is 12.0 Å². The molecule has 3 N–H and O–H groups in total. The van der Waals surface area contributed by atoms with E-state index < -0.39 is 0 Å². The minimum atomic E-state index is 0.185. The number of nitrogen functional groups attached to an aromatic ring is 1. The van der Waals surface area contributed by atoms with Crippen LogP contribution < -0.4 is 11.1 Å². The number of anilines is 2. The van der Waals surface area contributed by atoms with Gasteiger partial charge in [0.2, 0.25) is 5.95 Å². The Morgan fingerprint density at radius 1 is 1.04 bits per heavy atom. The second kappa shape index (κ2) is 8.14. The summed E-state index contributed by atoms with van der Waals surface area (Å²) in [4.78, 5) is 12.5. The number of hydrogen-bond donors (Lipinski definition) is 2. The lowest BCUT2D eigenvalue weighted by atomic mass is 10.1. The van der Waals surface area contributed by atoms with Crippen LogP contribution in [0.5, 0.6) is 0 Å². The molecule has 0 aliphatic rings. The van der Waals surface area contributed by atoms with Gasteiger partial charge in [-0.3, -0.25) is 4.98 Å². The smallest absolute Gasteiger partial charge is 0.222 e. The Labute approximate surface area is 156 Å². The SMILES string of the molecule is Nc1nc(NCCCc2ccncc2)cc(-c2cccc(Cl)c2Cl)n1. The van der Waals surface area contributed by atoms with Crippen molar-refractivity contribution in [2.45, 2.75) is 12.8 Å². The highest BCUT2D eigenvalue weighted by atomic mass is 35.5. The fourth-order valence-corrected chi connectivity index (χ4v) is 2.85. The van der Waals surface area contributed by atoms with E-state index in [1.807, 2.05) is 30.3 Å². The third-order valence-electron chi connectivity index (χ3n) is 3.67. The standard InChI is InChI=1S/C18H17Cl2N5/c19-14-5-1-4-13(17(14)20)15-11-16(25-18(21)24-15)23-8-2-3-12-6-9-22-10-7-12/h1,4-7,9-11H,2-3,8H2,(H3,21,23,24,25). The molecule has 3 aromatic rings. The maximum absolute atomic E-state index is 6.27. The quantitative estimate of drug-likeness (QED) is 0.623. The topological polar surface area (TPSA) is 76.7 Å². The molecule has 0 saturated heterocycles. The van der Waals surface area contributed by atoms with Crippen molar-refractivity contribution < 1.29 is 0 Å². The number of halogens is 2. The molecule has 2 heterocycles. The van der Waals surface area contributed by atoms with Crippen LogP contribution >= 0.6 is 23.2 Å². The Bertz CT molecular complexity index is 855. The third kappa shape index (κ3) is 4.59. The van der Waals surface area contributed by atoms with E-state index >= 15 is 0 Å². The highest BCUT2D eigenvalue weighted by Crippen LogP contribution is 2.33. The Morgan fingerprint density at radius 3 is 2.64 bits per heavy atom. The Balaban J connectivity index is 1.68. The first-order valence-corrected chi connectivity index (χ1v) is 8.61. The minimum Gasteiger partial charge on any atom is -0.370 e. The van der Waals surface area contributed by atoms with Gasteiger partial charge in [-0.15, -0.1) is 0 Å². The lowest BCUT2D eigenvalue weighted by Gasteiger charge is -2.10. The van der Waals surface area contributed by atoms with Gasteiger partial charge in [-0.05, 0) is 36.6 Å². The molecule has 0 fully saturated rings. The highest BCUT2D eigenvalue weighted by Gasteiger charge is 2.10. The van der Waals surface area contributed by atoms with Crippen LogP contribution in [0.15, 0.2) is 48.8 Å². The molecule has 0 bridgehead atoms. The van der Waals surface area contributed by atoms with E-state index in [0.717, 1.165) is 24.9 Å². The predicted molar refractivity (Wildman–Crippen MR) is 103 cm³/mol. The van der Waals surface area contributed by atoms with Crippen molar-refractivity contribution in [1.29, 1.82) is 0 Å². The van der Waals surface area contributed by atoms with E-state index in [4.69, 9.17) is 28.9 Å². The highest BCUT2D eigenvalue weighted by molar-refractivity contribution is 6.43. The van der Waals surface area contributed by atoms with Gasteiger partial charge in [0.25, 0.3) is 0 Å². The number of nitrogens with zero attached hydrogens (tertiary/aromatic N) is 3. The molecule has 5 nitrogen and oxygen atoms in total. The molecule has 0 aliphatic heterocycles. The van der Waals surface area contributed by atoms with Gasteiger partial charge in [0.1, 0.15) is 5.82 Å². The zero-order chi connectivity index (χ0) is 17.6. The van der Waals surface area contributed by atoms with Crippen molar-refractivity contribution in [1.82, 2.24) is 15.0 Å². The van der Waals surface area contributed by atoms with Crippen molar-refractivity contribution >= 4 is 35.0 Å². The minimum absolute atomic E-state index is 0.185. The average molecular weight is 374 g/mol. The summed E-state index contributed by atoms with van der Waals surface area (Å²) >= 11 is 12.3. The molecule has 0 saturated carbocycles. The number of pyridine rings is 1. The summed E-state index contributed by atoms with van der Waals surface area (Å²) in [6.45, 7) is 0.765. The molecule has 0 spiro atoms. The van der Waals surface area contributed by atoms with Crippen molar-refractivity contribution in [3.05, 3.63) is 64.4 Å². The molecular formula is C18H17Cl2N5. The monoisotopic (exact) mass is 373 g/mol. The number of nitrogens with one attached hydrogen (secondary N) is 1. The average Bonchev–Trinajstić information content (AvgIpc) is 2.61. The molecule has 0 aliphatic carbocycles. The van der Waals surface area contributed by atoms with E-state index in [-0.39, 0.29) is 5.95 Å². The van der Waals surface area contributed by atoms with E-state index in [9.17, 15) is 0 Å². The van der Waals surface area contributed by atoms with E-state index in [0.29, 0.717) is 21.6 Å². The number of benzene rings is 1. The van der Waals surface area contributed by atoms with Crippen LogP contribution in [0.2, 0.25) is 10.0 Å². The molecule has 7 heteroatoms. The van der Waals surface area contributed by atoms with E-state index in [2.05, 4.69) is 20.3 Å². The molecule has 0 unspecified atom stereocenters. The maximum atomic E-state index is 6.27. The molecule has 25 heavy (non-hydrogen) atoms. The van der Waals surface area contributed by atoms with Crippen LogP contribution in [0.4, 0.5) is 11.8 Å². The van der Waals surface area contributed by atoms with Crippen molar-refractivity contribution in [3.8, 4) is 11.3 Å². The Kier molecular flexibility index (Phi) is 5.68. The van der Waals surface area contributed by atoms with Crippen molar-refractivity contribution in [3.63, 3.8) is 0 Å². The van der Waals surface area contributed by atoms with Gasteiger partial charge >= 0.3 is 0 Å². The molecule has 0 radical (unpaired) electrons. The fraction of sp³-hybridized carbons (Fsp3) is 0.167. The first-order valence-electron chi connectivity index (χ1n) is 7.85. The Morgan fingerprint density at radius 2 is 1.84 bits per heavy atom. The molecule has 2 aromatic heterocycles. The lowest BCUT2D eigenvalue weighted by Crippen LogP contribution is -2.07. The zero-order valence-electron chi connectivity index (χ0n) is 13.4. The number of nitrogens with two attached hydrogens (primary N) is 1. The van der Waals surface area contributed by atoms with E-state index in [1.165, 1.54) is 5.56 Å². The summed E-state index contributed by atoms with van der Waals surface area (Å²) in [5.41, 5.74) is 8.45. The summed E-state index contributed by atoms with van der Waals surface area (Å²) in [6, 6.07) is 11.3. The first-order chi connectivity index (χ1) is 12.1. The molecular weight excluding hydrogens is 357 g/mol. The molecule has 1 aromatic carbocycles. The first kappa shape index (κ1) is 17.5. The van der Waals surface area contributed by atoms with Gasteiger partial charge in [-0.2, -0.15) is 4.98 Å². The predicted octanol–water partition coefficient (Wildman–Crippen LogP) is 4.47. The summed E-state index contributed by atoms with van der Waals surface area (Å²) in [6.07, 6.45) is 5.52. The van der Waals surface area contributed by atoms with Crippen molar-refractivity contribution in [2.75, 3.05) is 17.6 Å². The summed E-state index contributed by atoms with van der Waals surface area (Å²) in [7, 11) is 0. The molecule has 0 atom stereocenters. The van der Waals surface area contributed by atoms with Crippen LogP contribution in [0, 0.1) is 0 Å². The normalized spacial score (nSPS) is 10.6. The zero-order valence-corrected chi connectivity index (χ0v) is 14.9. The summed E-state index contributed by atoms with van der Waals surface area (Å²) in [5.74, 6) is 0.846. The van der Waals surface area contributed by atoms with Crippen LogP contribution in [0.25, 0.3) is 11.3 Å². The van der Waals surface area contributed by atoms with Gasteiger partial charge in [0, 0.05) is 30.6 Å². The van der Waals surface area contributed by atoms with Crippen LogP contribution in [0.3, 0.4) is 0 Å². The second-order valence-corrected chi connectivity index (χ2v) is 6.27. The number of aryl methyl sites for hydroxylation is 1. The van der Waals surface area contributed by atoms with Gasteiger partial charge in [-0.1, -0.05) is 35.3 Å². The largest absolute Gasteiger partial charge is 0.370 e. The number of aromatic nitrogens is 3. The van der Waals surface area contributed by atoms with Crippen LogP contribution in [-0.2, 0) is 6.42 Å². The summed E-state index contributed by atoms with van der Waals surface area (Å²) in [5, 5.41) is 4.20. The van der Waals surface area contributed by atoms with Gasteiger partial charge in [0.15, 0.2) is 0 Å². The number of rotatable bonds is 6. The maximum Gasteiger partial charge on any atom is 0.222 e.